The van der Waals surface area contributed by atoms with Crippen molar-refractivity contribution in [3.63, 3.8) is 0 Å². The smallest absolute Gasteiger partial charge is 0.260 e. The summed E-state index contributed by atoms with van der Waals surface area (Å²) in [6.07, 6.45) is 2.84. The van der Waals surface area contributed by atoms with Crippen LogP contribution in [0.2, 0.25) is 0 Å². The van der Waals surface area contributed by atoms with Crippen LogP contribution in [0.1, 0.15) is 37.8 Å². The molecule has 1 atom stereocenters. The van der Waals surface area contributed by atoms with Crippen LogP contribution in [0, 0.1) is 0 Å². The Morgan fingerprint density at radius 3 is 2.58 bits per heavy atom. The number of para-hydroxylation sites is 1. The molecule has 0 bridgehead atoms. The summed E-state index contributed by atoms with van der Waals surface area (Å²) in [7, 11) is 1.49. The van der Waals surface area contributed by atoms with Crippen molar-refractivity contribution in [3.8, 4) is 5.75 Å². The summed E-state index contributed by atoms with van der Waals surface area (Å²) < 4.78 is 10.6. The lowest BCUT2D eigenvalue weighted by Gasteiger charge is -2.21. The number of ether oxygens (including phenoxy) is 2. The third-order valence-electron chi connectivity index (χ3n) is 4.12. The van der Waals surface area contributed by atoms with Crippen LogP contribution >= 0.6 is 0 Å². The largest absolute Gasteiger partial charge is 0.483 e. The summed E-state index contributed by atoms with van der Waals surface area (Å²) in [5.74, 6) is 0.473. The van der Waals surface area contributed by atoms with E-state index in [1.165, 1.54) is 7.11 Å². The maximum absolute atomic E-state index is 12.1. The Morgan fingerprint density at radius 2 is 1.92 bits per heavy atom. The van der Waals surface area contributed by atoms with Crippen molar-refractivity contribution in [1.29, 1.82) is 0 Å². The summed E-state index contributed by atoms with van der Waals surface area (Å²) in [5.41, 5.74) is 0.874. The van der Waals surface area contributed by atoms with Crippen molar-refractivity contribution >= 4 is 11.8 Å². The Morgan fingerprint density at radius 1 is 1.21 bits per heavy atom. The van der Waals surface area contributed by atoms with Crippen molar-refractivity contribution in [3.05, 3.63) is 29.8 Å². The quantitative estimate of drug-likeness (QED) is 0.788. The molecule has 1 aliphatic rings. The van der Waals surface area contributed by atoms with Gasteiger partial charge in [0.2, 0.25) is 5.91 Å². The molecule has 24 heavy (non-hydrogen) atoms. The highest BCUT2D eigenvalue weighted by atomic mass is 16.5. The number of nitrogens with one attached hydrogen (secondary N) is 1. The molecule has 6 nitrogen and oxygen atoms in total. The molecule has 1 saturated heterocycles. The first-order chi connectivity index (χ1) is 11.7. The van der Waals surface area contributed by atoms with E-state index in [0.717, 1.165) is 37.9 Å². The summed E-state index contributed by atoms with van der Waals surface area (Å²) in [6, 6.07) is 7.33. The number of amides is 2. The number of carbonyl (C=O) groups is 2. The van der Waals surface area contributed by atoms with Gasteiger partial charge in [0.25, 0.3) is 5.91 Å². The highest BCUT2D eigenvalue weighted by Gasteiger charge is 2.20. The second-order valence-corrected chi connectivity index (χ2v) is 5.88. The molecule has 0 saturated carbocycles. The summed E-state index contributed by atoms with van der Waals surface area (Å²) in [6.45, 7) is 3.67. The molecular weight excluding hydrogens is 308 g/mol. The molecule has 1 aromatic carbocycles. The van der Waals surface area contributed by atoms with Gasteiger partial charge < -0.3 is 19.7 Å². The maximum Gasteiger partial charge on any atom is 0.260 e. The molecule has 6 heteroatoms. The van der Waals surface area contributed by atoms with E-state index in [1.807, 2.05) is 36.1 Å². The Balaban J connectivity index is 2.02. The number of nitrogens with zero attached hydrogens (tertiary/aromatic N) is 1. The Hall–Kier alpha value is -2.08. The van der Waals surface area contributed by atoms with Crippen molar-refractivity contribution < 1.29 is 19.1 Å². The summed E-state index contributed by atoms with van der Waals surface area (Å²) >= 11 is 0. The summed E-state index contributed by atoms with van der Waals surface area (Å²) in [4.78, 5) is 25.8. The first-order valence-corrected chi connectivity index (χ1v) is 8.43. The topological polar surface area (TPSA) is 67.9 Å². The number of rotatable bonds is 8. The minimum absolute atomic E-state index is 0.0128. The minimum Gasteiger partial charge on any atom is -0.483 e. The molecule has 1 aromatic rings. The van der Waals surface area contributed by atoms with Gasteiger partial charge in [-0.25, -0.2) is 0 Å². The predicted octanol–water partition coefficient (Wildman–Crippen LogP) is 1.90. The third kappa shape index (κ3) is 4.96. The van der Waals surface area contributed by atoms with Crippen LogP contribution in [0.5, 0.6) is 5.75 Å². The van der Waals surface area contributed by atoms with Crippen molar-refractivity contribution in [2.75, 3.05) is 33.4 Å². The number of methoxy groups -OCH3 is 1. The zero-order valence-electron chi connectivity index (χ0n) is 14.4. The molecule has 0 aromatic heterocycles. The van der Waals surface area contributed by atoms with Gasteiger partial charge in [0.1, 0.15) is 12.4 Å². The van der Waals surface area contributed by atoms with Crippen molar-refractivity contribution in [2.45, 2.75) is 32.2 Å². The van der Waals surface area contributed by atoms with E-state index in [0.29, 0.717) is 5.75 Å². The van der Waals surface area contributed by atoms with Gasteiger partial charge in [-0.05, 0) is 25.3 Å². The number of hydrogen-bond acceptors (Lipinski definition) is 4. The van der Waals surface area contributed by atoms with E-state index in [9.17, 15) is 9.59 Å². The zero-order chi connectivity index (χ0) is 17.4. The third-order valence-corrected chi connectivity index (χ3v) is 4.12. The molecule has 132 valence electrons. The second-order valence-electron chi connectivity index (χ2n) is 5.88. The van der Waals surface area contributed by atoms with Crippen molar-refractivity contribution in [1.82, 2.24) is 10.2 Å². The van der Waals surface area contributed by atoms with Gasteiger partial charge >= 0.3 is 0 Å². The number of likely N-dealkylation sites (tertiary alicyclic amines) is 1. The minimum atomic E-state index is -0.175. The zero-order valence-corrected chi connectivity index (χ0v) is 14.4. The fraction of sp³-hybridized carbons (Fsp3) is 0.556. The number of carbonyl (C=O) groups excluding carboxylic acids is 2. The normalized spacial score (nSPS) is 15.2. The van der Waals surface area contributed by atoms with Gasteiger partial charge in [-0.1, -0.05) is 25.1 Å². The number of benzene rings is 1. The second kappa shape index (κ2) is 9.27. The molecule has 1 fully saturated rings. The van der Waals surface area contributed by atoms with Crippen LogP contribution in [0.4, 0.5) is 0 Å². The maximum atomic E-state index is 12.1. The average molecular weight is 334 g/mol. The molecule has 0 radical (unpaired) electrons. The molecule has 0 spiro atoms. The van der Waals surface area contributed by atoms with E-state index < -0.39 is 0 Å². The molecule has 2 amide bonds. The van der Waals surface area contributed by atoms with Crippen LogP contribution < -0.4 is 10.1 Å². The fourth-order valence-electron chi connectivity index (χ4n) is 2.86. The standard InChI is InChI=1S/C18H26N2O4/c1-3-15(19-17(21)12-23-2)14-8-4-5-9-16(14)24-13-18(22)20-10-6-7-11-20/h4-5,8-9,15H,3,6-7,10-13H2,1-2H3,(H,19,21)/t15-/m1/s1. The molecule has 1 aliphatic heterocycles. The van der Waals surface area contributed by atoms with Gasteiger partial charge in [0.05, 0.1) is 6.04 Å². The Kier molecular flexibility index (Phi) is 7.06. The fourth-order valence-corrected chi connectivity index (χ4v) is 2.86. The predicted molar refractivity (Wildman–Crippen MR) is 90.8 cm³/mol. The molecule has 1 heterocycles. The van der Waals surface area contributed by atoms with E-state index in [-0.39, 0.29) is 31.1 Å². The van der Waals surface area contributed by atoms with Gasteiger partial charge in [0, 0.05) is 25.8 Å². The average Bonchev–Trinajstić information content (AvgIpc) is 3.13. The van der Waals surface area contributed by atoms with Crippen LogP contribution in [0.3, 0.4) is 0 Å². The van der Waals surface area contributed by atoms with Gasteiger partial charge in [-0.15, -0.1) is 0 Å². The molecule has 0 aliphatic carbocycles. The highest BCUT2D eigenvalue weighted by molar-refractivity contribution is 5.78. The highest BCUT2D eigenvalue weighted by Crippen LogP contribution is 2.27. The van der Waals surface area contributed by atoms with Crippen LogP contribution in [0.15, 0.2) is 24.3 Å². The van der Waals surface area contributed by atoms with Crippen LogP contribution in [-0.2, 0) is 14.3 Å². The summed E-state index contributed by atoms with van der Waals surface area (Å²) in [5, 5.41) is 2.93. The van der Waals surface area contributed by atoms with Crippen molar-refractivity contribution in [2.24, 2.45) is 0 Å². The van der Waals surface area contributed by atoms with E-state index in [2.05, 4.69) is 5.32 Å². The molecule has 0 unspecified atom stereocenters. The van der Waals surface area contributed by atoms with E-state index in [4.69, 9.17) is 9.47 Å². The number of hydrogen-bond donors (Lipinski definition) is 1. The SMILES string of the molecule is CC[C@@H](NC(=O)COC)c1ccccc1OCC(=O)N1CCCC1. The van der Waals surface area contributed by atoms with E-state index in [1.54, 1.807) is 0 Å². The van der Waals surface area contributed by atoms with Crippen LogP contribution in [0.25, 0.3) is 0 Å². The molecular formula is C18H26N2O4. The monoisotopic (exact) mass is 334 g/mol. The van der Waals surface area contributed by atoms with Gasteiger partial charge in [-0.2, -0.15) is 0 Å². The van der Waals surface area contributed by atoms with E-state index >= 15 is 0 Å². The Bertz CT molecular complexity index is 556. The first kappa shape index (κ1) is 18.3. The lowest BCUT2D eigenvalue weighted by Crippen LogP contribution is -2.33. The first-order valence-electron chi connectivity index (χ1n) is 8.43. The Labute approximate surface area is 143 Å². The molecule has 1 N–H and O–H groups in total. The molecule has 2 rings (SSSR count). The lowest BCUT2D eigenvalue weighted by atomic mass is 10.0. The lowest BCUT2D eigenvalue weighted by molar-refractivity contribution is -0.132. The van der Waals surface area contributed by atoms with Gasteiger partial charge in [-0.3, -0.25) is 9.59 Å². The van der Waals surface area contributed by atoms with Gasteiger partial charge in [0.15, 0.2) is 6.61 Å². The van der Waals surface area contributed by atoms with Crippen LogP contribution in [-0.4, -0.2) is 50.1 Å².